The van der Waals surface area contributed by atoms with Crippen molar-refractivity contribution in [2.45, 2.75) is 25.9 Å². The van der Waals surface area contributed by atoms with Crippen LogP contribution in [0.5, 0.6) is 0 Å². The maximum Gasteiger partial charge on any atom is 0.305 e. The molecule has 1 unspecified atom stereocenters. The SMILES string of the molecule is CCOC(=O)CCC(O)c1cc(Br)ccc1F. The molecule has 0 amide bonds. The average Bonchev–Trinajstić information content (AvgIpc) is 2.29. The van der Waals surface area contributed by atoms with Crippen LogP contribution in [0.4, 0.5) is 4.39 Å². The predicted molar refractivity (Wildman–Crippen MR) is 64.9 cm³/mol. The van der Waals surface area contributed by atoms with Crippen molar-refractivity contribution >= 4 is 21.9 Å². The number of carbonyl (C=O) groups excluding carboxylic acids is 1. The molecule has 94 valence electrons. The van der Waals surface area contributed by atoms with Gasteiger partial charge in [0, 0.05) is 16.5 Å². The van der Waals surface area contributed by atoms with Crippen LogP contribution in [-0.4, -0.2) is 17.7 Å². The van der Waals surface area contributed by atoms with Crippen molar-refractivity contribution in [2.24, 2.45) is 0 Å². The Morgan fingerprint density at radius 2 is 2.29 bits per heavy atom. The van der Waals surface area contributed by atoms with E-state index in [1.807, 2.05) is 0 Å². The van der Waals surface area contributed by atoms with E-state index in [4.69, 9.17) is 4.74 Å². The Balaban J connectivity index is 2.60. The molecule has 0 aliphatic rings. The Morgan fingerprint density at radius 3 is 2.94 bits per heavy atom. The van der Waals surface area contributed by atoms with Gasteiger partial charge in [0.15, 0.2) is 0 Å². The lowest BCUT2D eigenvalue weighted by Crippen LogP contribution is -2.08. The number of hydrogen-bond acceptors (Lipinski definition) is 3. The van der Waals surface area contributed by atoms with Gasteiger partial charge in [0.25, 0.3) is 0 Å². The Hall–Kier alpha value is -0.940. The molecule has 0 bridgehead atoms. The summed E-state index contributed by atoms with van der Waals surface area (Å²) < 4.78 is 18.8. The van der Waals surface area contributed by atoms with Gasteiger partial charge in [-0.05, 0) is 31.5 Å². The van der Waals surface area contributed by atoms with Crippen molar-refractivity contribution in [3.05, 3.63) is 34.1 Å². The fraction of sp³-hybridized carbons (Fsp3) is 0.417. The quantitative estimate of drug-likeness (QED) is 0.851. The number of benzene rings is 1. The standard InChI is InChI=1S/C12H14BrFO3/c1-2-17-12(16)6-5-11(15)9-7-8(13)3-4-10(9)14/h3-4,7,11,15H,2,5-6H2,1H3. The first-order valence-corrected chi connectivity index (χ1v) is 6.12. The molecule has 3 nitrogen and oxygen atoms in total. The summed E-state index contributed by atoms with van der Waals surface area (Å²) in [5.74, 6) is -0.869. The molecule has 0 heterocycles. The Kier molecular flexibility index (Phi) is 5.58. The van der Waals surface area contributed by atoms with Gasteiger partial charge in [-0.25, -0.2) is 4.39 Å². The minimum Gasteiger partial charge on any atom is -0.466 e. The topological polar surface area (TPSA) is 46.5 Å². The summed E-state index contributed by atoms with van der Waals surface area (Å²) in [6, 6.07) is 4.33. The minimum atomic E-state index is -1.00. The summed E-state index contributed by atoms with van der Waals surface area (Å²) in [7, 11) is 0. The largest absolute Gasteiger partial charge is 0.466 e. The van der Waals surface area contributed by atoms with E-state index in [2.05, 4.69) is 15.9 Å². The molecular formula is C12H14BrFO3. The maximum atomic E-state index is 13.4. The fourth-order valence-corrected chi connectivity index (χ4v) is 1.79. The Labute approximate surface area is 108 Å². The average molecular weight is 305 g/mol. The zero-order valence-electron chi connectivity index (χ0n) is 9.45. The maximum absolute atomic E-state index is 13.4. The molecule has 0 aliphatic carbocycles. The minimum absolute atomic E-state index is 0.0704. The van der Waals surface area contributed by atoms with Gasteiger partial charge in [-0.1, -0.05) is 15.9 Å². The van der Waals surface area contributed by atoms with Crippen LogP contribution in [0.25, 0.3) is 0 Å². The molecule has 1 atom stereocenters. The summed E-state index contributed by atoms with van der Waals surface area (Å²) in [4.78, 5) is 11.1. The third kappa shape index (κ3) is 4.44. The fourth-order valence-electron chi connectivity index (χ4n) is 1.41. The molecule has 0 fully saturated rings. The normalized spacial score (nSPS) is 12.2. The number of ether oxygens (including phenoxy) is 1. The molecule has 0 aliphatic heterocycles. The molecule has 0 radical (unpaired) electrons. The van der Waals surface area contributed by atoms with E-state index in [-0.39, 0.29) is 24.4 Å². The molecule has 17 heavy (non-hydrogen) atoms. The lowest BCUT2D eigenvalue weighted by Gasteiger charge is -2.11. The number of aliphatic hydroxyl groups excluding tert-OH is 1. The molecule has 0 spiro atoms. The van der Waals surface area contributed by atoms with E-state index in [9.17, 15) is 14.3 Å². The van der Waals surface area contributed by atoms with Crippen molar-refractivity contribution < 1.29 is 19.0 Å². The van der Waals surface area contributed by atoms with Crippen molar-refractivity contribution in [3.8, 4) is 0 Å². The number of aliphatic hydroxyl groups is 1. The zero-order chi connectivity index (χ0) is 12.8. The van der Waals surface area contributed by atoms with Gasteiger partial charge < -0.3 is 9.84 Å². The second-order valence-electron chi connectivity index (χ2n) is 3.53. The van der Waals surface area contributed by atoms with E-state index >= 15 is 0 Å². The van der Waals surface area contributed by atoms with Gasteiger partial charge in [-0.15, -0.1) is 0 Å². The van der Waals surface area contributed by atoms with Crippen molar-refractivity contribution in [1.82, 2.24) is 0 Å². The zero-order valence-corrected chi connectivity index (χ0v) is 11.0. The first kappa shape index (κ1) is 14.1. The molecule has 1 aromatic rings. The summed E-state index contributed by atoms with van der Waals surface area (Å²) in [5.41, 5.74) is 0.184. The Morgan fingerprint density at radius 1 is 1.59 bits per heavy atom. The van der Waals surface area contributed by atoms with Gasteiger partial charge in [0.2, 0.25) is 0 Å². The molecule has 1 N–H and O–H groups in total. The third-order valence-corrected chi connectivity index (χ3v) is 2.74. The van der Waals surface area contributed by atoms with Crippen LogP contribution in [0.1, 0.15) is 31.4 Å². The van der Waals surface area contributed by atoms with E-state index < -0.39 is 11.9 Å². The number of esters is 1. The summed E-state index contributed by atoms with van der Waals surface area (Å²) in [5, 5.41) is 9.77. The number of rotatable bonds is 5. The van der Waals surface area contributed by atoms with Crippen LogP contribution in [0.2, 0.25) is 0 Å². The highest BCUT2D eigenvalue weighted by molar-refractivity contribution is 9.10. The highest BCUT2D eigenvalue weighted by Crippen LogP contribution is 2.24. The second-order valence-corrected chi connectivity index (χ2v) is 4.44. The molecule has 0 saturated carbocycles. The van der Waals surface area contributed by atoms with Crippen LogP contribution in [0.3, 0.4) is 0 Å². The highest BCUT2D eigenvalue weighted by atomic mass is 79.9. The summed E-state index contributed by atoms with van der Waals surface area (Å²) in [6.45, 7) is 2.02. The molecular weight excluding hydrogens is 291 g/mol. The van der Waals surface area contributed by atoms with Crippen molar-refractivity contribution in [2.75, 3.05) is 6.61 Å². The van der Waals surface area contributed by atoms with E-state index in [0.717, 1.165) is 0 Å². The highest BCUT2D eigenvalue weighted by Gasteiger charge is 2.15. The van der Waals surface area contributed by atoms with E-state index in [0.29, 0.717) is 11.1 Å². The number of hydrogen-bond donors (Lipinski definition) is 1. The molecule has 0 saturated heterocycles. The number of halogens is 2. The second kappa shape index (κ2) is 6.71. The van der Waals surface area contributed by atoms with Crippen molar-refractivity contribution in [3.63, 3.8) is 0 Å². The predicted octanol–water partition coefficient (Wildman–Crippen LogP) is 2.96. The number of carbonyl (C=O) groups is 1. The third-order valence-electron chi connectivity index (χ3n) is 2.24. The van der Waals surface area contributed by atoms with Crippen LogP contribution < -0.4 is 0 Å². The first-order valence-electron chi connectivity index (χ1n) is 5.33. The molecule has 0 aromatic heterocycles. The van der Waals surface area contributed by atoms with E-state index in [1.165, 1.54) is 12.1 Å². The van der Waals surface area contributed by atoms with Gasteiger partial charge in [0.1, 0.15) is 5.82 Å². The summed E-state index contributed by atoms with van der Waals surface area (Å²) >= 11 is 3.20. The van der Waals surface area contributed by atoms with E-state index in [1.54, 1.807) is 13.0 Å². The van der Waals surface area contributed by atoms with Crippen LogP contribution >= 0.6 is 15.9 Å². The monoisotopic (exact) mass is 304 g/mol. The van der Waals surface area contributed by atoms with Crippen LogP contribution in [-0.2, 0) is 9.53 Å². The summed E-state index contributed by atoms with van der Waals surface area (Å²) in [6.07, 6.45) is -0.787. The first-order chi connectivity index (χ1) is 8.04. The van der Waals surface area contributed by atoms with Crippen molar-refractivity contribution in [1.29, 1.82) is 0 Å². The van der Waals surface area contributed by atoms with Gasteiger partial charge in [-0.2, -0.15) is 0 Å². The Bertz CT molecular complexity index is 395. The lowest BCUT2D eigenvalue weighted by molar-refractivity contribution is -0.143. The van der Waals surface area contributed by atoms with Gasteiger partial charge in [-0.3, -0.25) is 4.79 Å². The van der Waals surface area contributed by atoms with Gasteiger partial charge in [0.05, 0.1) is 12.7 Å². The smallest absolute Gasteiger partial charge is 0.305 e. The van der Waals surface area contributed by atoms with Gasteiger partial charge >= 0.3 is 5.97 Å². The van der Waals surface area contributed by atoms with Crippen LogP contribution in [0, 0.1) is 5.82 Å². The molecule has 5 heteroatoms. The lowest BCUT2D eigenvalue weighted by atomic mass is 10.0. The molecule has 1 aromatic carbocycles. The molecule has 1 rings (SSSR count). The van der Waals surface area contributed by atoms with Crippen LogP contribution in [0.15, 0.2) is 22.7 Å².